The van der Waals surface area contributed by atoms with Gasteiger partial charge in [0.15, 0.2) is 0 Å². The zero-order valence-electron chi connectivity index (χ0n) is 12.3. The third-order valence-corrected chi connectivity index (χ3v) is 5.86. The molecule has 0 spiro atoms. The van der Waals surface area contributed by atoms with Crippen LogP contribution in [0.1, 0.15) is 44.1 Å². The van der Waals surface area contributed by atoms with Crippen LogP contribution in [0.4, 0.5) is 4.39 Å². The summed E-state index contributed by atoms with van der Waals surface area (Å²) < 4.78 is 13.2. The van der Waals surface area contributed by atoms with Gasteiger partial charge in [-0.15, -0.1) is 0 Å². The van der Waals surface area contributed by atoms with Crippen LogP contribution in [0.25, 0.3) is 0 Å². The molecule has 0 heterocycles. The van der Waals surface area contributed by atoms with Crippen molar-refractivity contribution in [1.29, 1.82) is 0 Å². The highest BCUT2D eigenvalue weighted by molar-refractivity contribution is 5.83. The predicted molar refractivity (Wildman–Crippen MR) is 78.9 cm³/mol. The van der Waals surface area contributed by atoms with Crippen molar-refractivity contribution < 1.29 is 9.18 Å². The van der Waals surface area contributed by atoms with Crippen LogP contribution in [-0.4, -0.2) is 5.91 Å². The van der Waals surface area contributed by atoms with Crippen LogP contribution in [0.15, 0.2) is 24.3 Å². The molecule has 0 aromatic heterocycles. The fraction of sp³-hybridized carbons (Fsp3) is 0.611. The third kappa shape index (κ3) is 2.37. The summed E-state index contributed by atoms with van der Waals surface area (Å²) in [6.07, 6.45) is 7.26. The lowest BCUT2D eigenvalue weighted by Gasteiger charge is -2.55. The average Bonchev–Trinajstić information content (AvgIpc) is 2.43. The van der Waals surface area contributed by atoms with E-state index in [1.54, 1.807) is 6.07 Å². The minimum atomic E-state index is -0.239. The van der Waals surface area contributed by atoms with E-state index >= 15 is 0 Å². The Balaban J connectivity index is 1.45. The fourth-order valence-electron chi connectivity index (χ4n) is 5.41. The molecule has 112 valence electrons. The molecule has 0 atom stereocenters. The van der Waals surface area contributed by atoms with Crippen molar-refractivity contribution in [3.8, 4) is 0 Å². The van der Waals surface area contributed by atoms with Gasteiger partial charge in [-0.2, -0.15) is 0 Å². The monoisotopic (exact) mass is 287 g/mol. The number of nitrogens with one attached hydrogen (secondary N) is 1. The number of benzene rings is 1. The highest BCUT2D eigenvalue weighted by Crippen LogP contribution is 2.60. The molecule has 0 saturated heterocycles. The SMILES string of the molecule is O=C(NCc1cccc(F)c1)C12CC3CC(CC(C3)C1)C2. The van der Waals surface area contributed by atoms with Crippen molar-refractivity contribution in [1.82, 2.24) is 5.32 Å². The van der Waals surface area contributed by atoms with E-state index in [-0.39, 0.29) is 17.1 Å². The molecule has 4 aliphatic carbocycles. The van der Waals surface area contributed by atoms with E-state index in [4.69, 9.17) is 0 Å². The normalized spacial score (nSPS) is 36.7. The topological polar surface area (TPSA) is 29.1 Å². The minimum absolute atomic E-state index is 0.109. The van der Waals surface area contributed by atoms with Crippen molar-refractivity contribution in [2.45, 2.75) is 45.1 Å². The summed E-state index contributed by atoms with van der Waals surface area (Å²) in [5.74, 6) is 2.30. The first-order valence-electron chi connectivity index (χ1n) is 8.16. The Morgan fingerprint density at radius 1 is 1.14 bits per heavy atom. The van der Waals surface area contributed by atoms with Gasteiger partial charge in [0, 0.05) is 12.0 Å². The molecule has 5 rings (SSSR count). The Morgan fingerprint density at radius 2 is 1.76 bits per heavy atom. The molecular formula is C18H22FNO. The Hall–Kier alpha value is -1.38. The lowest BCUT2D eigenvalue weighted by atomic mass is 9.49. The van der Waals surface area contributed by atoms with Crippen LogP contribution < -0.4 is 5.32 Å². The van der Waals surface area contributed by atoms with E-state index in [9.17, 15) is 9.18 Å². The summed E-state index contributed by atoms with van der Waals surface area (Å²) in [4.78, 5) is 12.8. The number of hydrogen-bond donors (Lipinski definition) is 1. The van der Waals surface area contributed by atoms with E-state index in [2.05, 4.69) is 5.32 Å². The molecule has 1 aromatic carbocycles. The quantitative estimate of drug-likeness (QED) is 0.903. The molecule has 4 saturated carbocycles. The number of rotatable bonds is 3. The number of amides is 1. The number of carbonyl (C=O) groups excluding carboxylic acids is 1. The van der Waals surface area contributed by atoms with E-state index in [0.29, 0.717) is 6.54 Å². The maximum atomic E-state index is 13.2. The highest BCUT2D eigenvalue weighted by Gasteiger charge is 2.54. The lowest BCUT2D eigenvalue weighted by molar-refractivity contribution is -0.146. The van der Waals surface area contributed by atoms with Gasteiger partial charge in [-0.1, -0.05) is 12.1 Å². The van der Waals surface area contributed by atoms with E-state index in [1.165, 1.54) is 31.4 Å². The molecule has 1 aromatic rings. The Labute approximate surface area is 125 Å². The zero-order valence-corrected chi connectivity index (χ0v) is 12.3. The fourth-order valence-corrected chi connectivity index (χ4v) is 5.41. The summed E-state index contributed by atoms with van der Waals surface area (Å²) in [6, 6.07) is 6.49. The maximum Gasteiger partial charge on any atom is 0.226 e. The second-order valence-corrected chi connectivity index (χ2v) is 7.51. The molecule has 0 radical (unpaired) electrons. The maximum absolute atomic E-state index is 13.2. The molecule has 0 unspecified atom stereocenters. The van der Waals surface area contributed by atoms with Crippen molar-refractivity contribution in [3.63, 3.8) is 0 Å². The van der Waals surface area contributed by atoms with Crippen LogP contribution in [0.3, 0.4) is 0 Å². The van der Waals surface area contributed by atoms with Gasteiger partial charge in [-0.3, -0.25) is 4.79 Å². The standard InChI is InChI=1S/C18H22FNO/c19-16-3-1-2-12(7-16)11-20-17(21)18-8-13-4-14(9-18)6-15(5-13)10-18/h1-3,7,13-15H,4-6,8-11H2,(H,20,21). The lowest BCUT2D eigenvalue weighted by Crippen LogP contribution is -2.53. The molecule has 21 heavy (non-hydrogen) atoms. The smallest absolute Gasteiger partial charge is 0.226 e. The first-order valence-corrected chi connectivity index (χ1v) is 8.16. The Kier molecular flexibility index (Phi) is 3.05. The van der Waals surface area contributed by atoms with E-state index in [1.807, 2.05) is 6.07 Å². The van der Waals surface area contributed by atoms with Crippen LogP contribution in [0, 0.1) is 29.0 Å². The van der Waals surface area contributed by atoms with Crippen LogP contribution >= 0.6 is 0 Å². The van der Waals surface area contributed by atoms with Crippen LogP contribution in [0.2, 0.25) is 0 Å². The molecule has 1 N–H and O–H groups in total. The molecule has 1 amide bonds. The molecular weight excluding hydrogens is 265 g/mol. The number of carbonyl (C=O) groups is 1. The van der Waals surface area contributed by atoms with Gasteiger partial charge < -0.3 is 5.32 Å². The van der Waals surface area contributed by atoms with Crippen molar-refractivity contribution >= 4 is 5.91 Å². The molecule has 3 heteroatoms. The molecule has 4 aliphatic rings. The highest BCUT2D eigenvalue weighted by atomic mass is 19.1. The largest absolute Gasteiger partial charge is 0.352 e. The van der Waals surface area contributed by atoms with Crippen molar-refractivity contribution in [2.75, 3.05) is 0 Å². The van der Waals surface area contributed by atoms with E-state index in [0.717, 1.165) is 42.6 Å². The average molecular weight is 287 g/mol. The van der Waals surface area contributed by atoms with E-state index < -0.39 is 0 Å². The molecule has 0 aliphatic heterocycles. The van der Waals surface area contributed by atoms with Gasteiger partial charge >= 0.3 is 0 Å². The summed E-state index contributed by atoms with van der Waals surface area (Å²) in [5, 5.41) is 3.08. The van der Waals surface area contributed by atoms with Gasteiger partial charge in [0.05, 0.1) is 0 Å². The molecule has 4 fully saturated rings. The van der Waals surface area contributed by atoms with Gasteiger partial charge in [0.25, 0.3) is 0 Å². The van der Waals surface area contributed by atoms with Crippen molar-refractivity contribution in [2.24, 2.45) is 23.2 Å². The van der Waals surface area contributed by atoms with Crippen LogP contribution in [-0.2, 0) is 11.3 Å². The van der Waals surface area contributed by atoms with Crippen molar-refractivity contribution in [3.05, 3.63) is 35.6 Å². The Bertz CT molecular complexity index is 533. The second-order valence-electron chi connectivity index (χ2n) is 7.51. The minimum Gasteiger partial charge on any atom is -0.352 e. The van der Waals surface area contributed by atoms with Gasteiger partial charge in [0.2, 0.25) is 5.91 Å². The first-order chi connectivity index (χ1) is 10.1. The number of hydrogen-bond acceptors (Lipinski definition) is 1. The summed E-state index contributed by atoms with van der Waals surface area (Å²) in [5.41, 5.74) is 0.732. The zero-order chi connectivity index (χ0) is 14.4. The van der Waals surface area contributed by atoms with Gasteiger partial charge in [-0.25, -0.2) is 4.39 Å². The first kappa shape index (κ1) is 13.3. The number of halogens is 1. The summed E-state index contributed by atoms with van der Waals surface area (Å²) >= 11 is 0. The molecule has 2 nitrogen and oxygen atoms in total. The second kappa shape index (κ2) is 4.82. The predicted octanol–water partition coefficient (Wildman–Crippen LogP) is 3.66. The molecule has 4 bridgehead atoms. The van der Waals surface area contributed by atoms with Crippen LogP contribution in [0.5, 0.6) is 0 Å². The summed E-state index contributed by atoms with van der Waals surface area (Å²) in [6.45, 7) is 0.443. The van der Waals surface area contributed by atoms with Gasteiger partial charge in [-0.05, 0) is 74.0 Å². The Morgan fingerprint density at radius 3 is 2.33 bits per heavy atom. The third-order valence-electron chi connectivity index (χ3n) is 5.86. The summed E-state index contributed by atoms with van der Waals surface area (Å²) in [7, 11) is 0. The van der Waals surface area contributed by atoms with Gasteiger partial charge in [0.1, 0.15) is 5.82 Å².